The van der Waals surface area contributed by atoms with Crippen molar-refractivity contribution in [2.24, 2.45) is 5.92 Å². The average Bonchev–Trinajstić information content (AvgIpc) is 2.92. The van der Waals surface area contributed by atoms with E-state index in [1.807, 2.05) is 36.4 Å². The molecule has 0 radical (unpaired) electrons. The highest BCUT2D eigenvalue weighted by Gasteiger charge is 2.18. The molecular formula is C31H31N3O2. The highest BCUT2D eigenvalue weighted by Crippen LogP contribution is 2.36. The highest BCUT2D eigenvalue weighted by atomic mass is 16.5. The summed E-state index contributed by atoms with van der Waals surface area (Å²) in [5.74, 6) is 1.49. The van der Waals surface area contributed by atoms with Gasteiger partial charge in [0, 0.05) is 5.56 Å². The van der Waals surface area contributed by atoms with Gasteiger partial charge in [-0.1, -0.05) is 93.8 Å². The SMILES string of the molecule is CCCCC(CC)COc1nc(-c2ccccc2O)nc(-c2c3ccccc3cc3ccccc23)n1. The molecule has 5 rings (SSSR count). The second-order valence-corrected chi connectivity index (χ2v) is 9.20. The van der Waals surface area contributed by atoms with E-state index in [1.54, 1.807) is 12.1 Å². The molecule has 0 bridgehead atoms. The second-order valence-electron chi connectivity index (χ2n) is 9.20. The van der Waals surface area contributed by atoms with E-state index in [0.717, 1.165) is 46.4 Å². The van der Waals surface area contributed by atoms with Crippen molar-refractivity contribution in [3.63, 3.8) is 0 Å². The Hall–Kier alpha value is -3.99. The molecule has 5 nitrogen and oxygen atoms in total. The monoisotopic (exact) mass is 477 g/mol. The number of fused-ring (bicyclic) bond motifs is 2. The summed E-state index contributed by atoms with van der Waals surface area (Å²) in [6.45, 7) is 4.95. The third-order valence-corrected chi connectivity index (χ3v) is 6.75. The van der Waals surface area contributed by atoms with Crippen molar-refractivity contribution < 1.29 is 9.84 Å². The standard InChI is InChI=1S/C31H31N3O2/c1-3-5-12-21(4-2)20-36-31-33-29(26-17-10-11-18-27(26)35)32-30(34-31)28-24-15-8-6-13-22(24)19-23-14-7-9-16-25(23)28/h6-11,13-19,21,35H,3-5,12,20H2,1-2H3. The minimum atomic E-state index is 0.123. The summed E-state index contributed by atoms with van der Waals surface area (Å²) in [5, 5.41) is 14.9. The Balaban J connectivity index is 1.68. The summed E-state index contributed by atoms with van der Waals surface area (Å²) in [4.78, 5) is 14.3. The number of phenols is 1. The minimum Gasteiger partial charge on any atom is -0.507 e. The third kappa shape index (κ3) is 4.87. The van der Waals surface area contributed by atoms with Crippen molar-refractivity contribution in [2.45, 2.75) is 39.5 Å². The molecule has 0 fully saturated rings. The van der Waals surface area contributed by atoms with Crippen molar-refractivity contribution in [1.82, 2.24) is 15.0 Å². The van der Waals surface area contributed by atoms with Crippen LogP contribution in [0.3, 0.4) is 0 Å². The number of aromatic nitrogens is 3. The van der Waals surface area contributed by atoms with E-state index >= 15 is 0 Å². The zero-order chi connectivity index (χ0) is 24.9. The number of para-hydroxylation sites is 1. The van der Waals surface area contributed by atoms with E-state index < -0.39 is 0 Å². The van der Waals surface area contributed by atoms with Gasteiger partial charge in [0.1, 0.15) is 5.75 Å². The highest BCUT2D eigenvalue weighted by molar-refractivity contribution is 6.11. The predicted molar refractivity (Wildman–Crippen MR) is 146 cm³/mol. The van der Waals surface area contributed by atoms with Crippen LogP contribution < -0.4 is 4.74 Å². The van der Waals surface area contributed by atoms with Gasteiger partial charge in [0.25, 0.3) is 0 Å². The van der Waals surface area contributed by atoms with E-state index in [0.29, 0.717) is 29.7 Å². The fourth-order valence-electron chi connectivity index (χ4n) is 4.66. The molecule has 1 heterocycles. The van der Waals surface area contributed by atoms with Crippen LogP contribution in [0.1, 0.15) is 39.5 Å². The van der Waals surface area contributed by atoms with Crippen LogP contribution in [0.2, 0.25) is 0 Å². The molecule has 0 aliphatic carbocycles. The number of ether oxygens (including phenoxy) is 1. The fraction of sp³-hybridized carbons (Fsp3) is 0.258. The van der Waals surface area contributed by atoms with Gasteiger partial charge in [0.2, 0.25) is 0 Å². The number of unbranched alkanes of at least 4 members (excludes halogenated alkanes) is 1. The van der Waals surface area contributed by atoms with Gasteiger partial charge < -0.3 is 9.84 Å². The summed E-state index contributed by atoms with van der Waals surface area (Å²) in [7, 11) is 0. The number of rotatable bonds is 9. The van der Waals surface area contributed by atoms with Crippen LogP contribution in [0, 0.1) is 5.92 Å². The van der Waals surface area contributed by atoms with Gasteiger partial charge in [-0.3, -0.25) is 0 Å². The van der Waals surface area contributed by atoms with E-state index in [4.69, 9.17) is 14.7 Å². The van der Waals surface area contributed by atoms with Gasteiger partial charge in [-0.25, -0.2) is 4.98 Å². The van der Waals surface area contributed by atoms with Gasteiger partial charge in [-0.2, -0.15) is 9.97 Å². The molecule has 1 N–H and O–H groups in total. The first-order chi connectivity index (χ1) is 17.7. The molecule has 1 atom stereocenters. The van der Waals surface area contributed by atoms with Crippen molar-refractivity contribution in [3.8, 4) is 34.5 Å². The predicted octanol–water partition coefficient (Wildman–Crippen LogP) is 7.81. The quantitative estimate of drug-likeness (QED) is 0.219. The molecule has 0 spiro atoms. The molecule has 36 heavy (non-hydrogen) atoms. The molecule has 0 amide bonds. The van der Waals surface area contributed by atoms with Gasteiger partial charge >= 0.3 is 6.01 Å². The van der Waals surface area contributed by atoms with Crippen LogP contribution in [0.25, 0.3) is 44.3 Å². The number of nitrogens with zero attached hydrogens (tertiary/aromatic N) is 3. The van der Waals surface area contributed by atoms with Crippen molar-refractivity contribution in [1.29, 1.82) is 0 Å². The third-order valence-electron chi connectivity index (χ3n) is 6.75. The van der Waals surface area contributed by atoms with Crippen LogP contribution in [0.4, 0.5) is 0 Å². The second kappa shape index (κ2) is 10.7. The Morgan fingerprint density at radius 1 is 0.778 bits per heavy atom. The van der Waals surface area contributed by atoms with Gasteiger partial charge in [-0.05, 0) is 52.1 Å². The molecule has 4 aromatic carbocycles. The van der Waals surface area contributed by atoms with E-state index in [1.165, 1.54) is 6.42 Å². The Morgan fingerprint density at radius 2 is 1.42 bits per heavy atom. The van der Waals surface area contributed by atoms with Crippen molar-refractivity contribution in [2.75, 3.05) is 6.61 Å². The van der Waals surface area contributed by atoms with Gasteiger partial charge in [-0.15, -0.1) is 0 Å². The first-order valence-electron chi connectivity index (χ1n) is 12.8. The van der Waals surface area contributed by atoms with Gasteiger partial charge in [0.05, 0.1) is 12.2 Å². The molecule has 1 unspecified atom stereocenters. The first kappa shape index (κ1) is 23.7. The van der Waals surface area contributed by atoms with E-state index in [2.05, 4.69) is 49.2 Å². The van der Waals surface area contributed by atoms with Gasteiger partial charge in [0.15, 0.2) is 11.6 Å². The lowest BCUT2D eigenvalue weighted by Crippen LogP contribution is -2.13. The van der Waals surface area contributed by atoms with Crippen LogP contribution in [-0.4, -0.2) is 26.7 Å². The van der Waals surface area contributed by atoms with Crippen LogP contribution in [0.5, 0.6) is 11.8 Å². The van der Waals surface area contributed by atoms with Crippen LogP contribution >= 0.6 is 0 Å². The molecule has 0 saturated carbocycles. The lowest BCUT2D eigenvalue weighted by atomic mass is 9.96. The topological polar surface area (TPSA) is 68.1 Å². The van der Waals surface area contributed by atoms with Crippen molar-refractivity contribution in [3.05, 3.63) is 78.9 Å². The zero-order valence-electron chi connectivity index (χ0n) is 20.8. The molecule has 0 aliphatic heterocycles. The Bertz CT molecular complexity index is 1440. The summed E-state index contributed by atoms with van der Waals surface area (Å²) >= 11 is 0. The summed E-state index contributed by atoms with van der Waals surface area (Å²) in [5.41, 5.74) is 1.49. The zero-order valence-corrected chi connectivity index (χ0v) is 20.8. The molecular weight excluding hydrogens is 446 g/mol. The summed E-state index contributed by atoms with van der Waals surface area (Å²) < 4.78 is 6.20. The first-order valence-corrected chi connectivity index (χ1v) is 12.8. The van der Waals surface area contributed by atoms with Crippen LogP contribution in [-0.2, 0) is 0 Å². The number of phenolic OH excluding ortho intramolecular Hbond substituents is 1. The molecule has 5 aromatic rings. The van der Waals surface area contributed by atoms with E-state index in [-0.39, 0.29) is 11.8 Å². The van der Waals surface area contributed by atoms with Crippen LogP contribution in [0.15, 0.2) is 78.9 Å². The molecule has 182 valence electrons. The lowest BCUT2D eigenvalue weighted by Gasteiger charge is -2.16. The maximum atomic E-state index is 10.6. The smallest absolute Gasteiger partial charge is 0.320 e. The Kier molecular flexibility index (Phi) is 7.08. The molecule has 0 aliphatic rings. The lowest BCUT2D eigenvalue weighted by molar-refractivity contribution is 0.217. The number of hydrogen-bond donors (Lipinski definition) is 1. The number of hydrogen-bond acceptors (Lipinski definition) is 5. The Labute approximate surface area is 211 Å². The Morgan fingerprint density at radius 3 is 2.08 bits per heavy atom. The normalized spacial score (nSPS) is 12.2. The maximum Gasteiger partial charge on any atom is 0.320 e. The number of benzene rings is 4. The molecule has 5 heteroatoms. The van der Waals surface area contributed by atoms with Crippen molar-refractivity contribution >= 4 is 21.5 Å². The number of aromatic hydroxyl groups is 1. The average molecular weight is 478 g/mol. The maximum absolute atomic E-state index is 10.6. The fourth-order valence-corrected chi connectivity index (χ4v) is 4.66. The minimum absolute atomic E-state index is 0.123. The summed E-state index contributed by atoms with van der Waals surface area (Å²) in [6.07, 6.45) is 4.50. The summed E-state index contributed by atoms with van der Waals surface area (Å²) in [6, 6.07) is 26.1. The largest absolute Gasteiger partial charge is 0.507 e. The molecule has 1 aromatic heterocycles. The van der Waals surface area contributed by atoms with E-state index in [9.17, 15) is 5.11 Å². The molecule has 0 saturated heterocycles.